The highest BCUT2D eigenvalue weighted by molar-refractivity contribution is 9.10. The number of ether oxygens (including phenoxy) is 1. The number of methoxy groups -OCH3 is 1. The van der Waals surface area contributed by atoms with Gasteiger partial charge >= 0.3 is 0 Å². The van der Waals surface area contributed by atoms with Crippen LogP contribution in [0.15, 0.2) is 22.7 Å². The summed E-state index contributed by atoms with van der Waals surface area (Å²) in [6.45, 7) is 3.73. The molecule has 1 fully saturated rings. The number of piperidine rings is 1. The number of amides is 1. The molecule has 1 aliphatic rings. The lowest BCUT2D eigenvalue weighted by Gasteiger charge is -2.34. The Morgan fingerprint density at radius 3 is 2.84 bits per heavy atom. The predicted octanol–water partition coefficient (Wildman–Crippen LogP) is 3.70. The van der Waals surface area contributed by atoms with Crippen LogP contribution >= 0.6 is 31.9 Å². The zero-order valence-electron chi connectivity index (χ0n) is 11.0. The maximum Gasteiger partial charge on any atom is 0.257 e. The van der Waals surface area contributed by atoms with Crippen molar-refractivity contribution in [3.63, 3.8) is 0 Å². The number of halogens is 2. The van der Waals surface area contributed by atoms with Crippen molar-refractivity contribution in [3.05, 3.63) is 28.2 Å². The van der Waals surface area contributed by atoms with Crippen LogP contribution in [0.2, 0.25) is 0 Å². The monoisotopic (exact) mass is 389 g/mol. The fourth-order valence-electron chi connectivity index (χ4n) is 2.32. The van der Waals surface area contributed by atoms with E-state index in [9.17, 15) is 4.79 Å². The summed E-state index contributed by atoms with van der Waals surface area (Å²) in [6.07, 6.45) is 0.989. The van der Waals surface area contributed by atoms with Crippen molar-refractivity contribution in [1.29, 1.82) is 0 Å². The first-order valence-corrected chi connectivity index (χ1v) is 8.00. The number of carbonyl (C=O) groups excluding carboxylic acids is 1. The third kappa shape index (κ3) is 3.31. The lowest BCUT2D eigenvalue weighted by Crippen LogP contribution is -2.43. The fraction of sp³-hybridized carbons (Fsp3) is 0.500. The van der Waals surface area contributed by atoms with E-state index >= 15 is 0 Å². The van der Waals surface area contributed by atoms with E-state index in [2.05, 4.69) is 38.8 Å². The van der Waals surface area contributed by atoms with E-state index in [1.807, 2.05) is 23.1 Å². The highest BCUT2D eigenvalue weighted by Gasteiger charge is 2.28. The molecule has 0 spiro atoms. The Bertz CT molecular complexity index is 479. The largest absolute Gasteiger partial charge is 0.496 e. The SMILES string of the molecule is COc1ccc(Br)cc1C(=O)N1CCC(Br)C(C)C1. The third-order valence-electron chi connectivity index (χ3n) is 3.48. The molecule has 3 nitrogen and oxygen atoms in total. The molecule has 5 heteroatoms. The zero-order valence-corrected chi connectivity index (χ0v) is 14.2. The van der Waals surface area contributed by atoms with Gasteiger partial charge in [-0.3, -0.25) is 4.79 Å². The van der Waals surface area contributed by atoms with Crippen LogP contribution in [-0.4, -0.2) is 35.8 Å². The molecule has 2 rings (SSSR count). The number of carbonyl (C=O) groups is 1. The number of alkyl halides is 1. The van der Waals surface area contributed by atoms with Crippen molar-refractivity contribution < 1.29 is 9.53 Å². The minimum absolute atomic E-state index is 0.0457. The van der Waals surface area contributed by atoms with Crippen LogP contribution in [-0.2, 0) is 0 Å². The predicted molar refractivity (Wildman–Crippen MR) is 83.1 cm³/mol. The smallest absolute Gasteiger partial charge is 0.257 e. The molecule has 0 N–H and O–H groups in total. The number of rotatable bonds is 2. The van der Waals surface area contributed by atoms with Crippen molar-refractivity contribution >= 4 is 37.8 Å². The van der Waals surface area contributed by atoms with Gasteiger partial charge in [0, 0.05) is 22.4 Å². The van der Waals surface area contributed by atoms with Gasteiger partial charge in [0.2, 0.25) is 0 Å². The second-order valence-corrected chi connectivity index (χ2v) is 6.97. The molecule has 1 heterocycles. The Morgan fingerprint density at radius 2 is 2.21 bits per heavy atom. The summed E-state index contributed by atoms with van der Waals surface area (Å²) in [5, 5.41) is 0. The average Bonchev–Trinajstić information content (AvgIpc) is 2.41. The molecule has 19 heavy (non-hydrogen) atoms. The molecule has 2 atom stereocenters. The van der Waals surface area contributed by atoms with E-state index in [-0.39, 0.29) is 5.91 Å². The summed E-state index contributed by atoms with van der Waals surface area (Å²) < 4.78 is 6.17. The van der Waals surface area contributed by atoms with E-state index in [0.29, 0.717) is 22.1 Å². The molecule has 0 saturated carbocycles. The van der Waals surface area contributed by atoms with Gasteiger partial charge in [-0.1, -0.05) is 38.8 Å². The van der Waals surface area contributed by atoms with Crippen molar-refractivity contribution in [2.45, 2.75) is 18.2 Å². The first-order valence-electron chi connectivity index (χ1n) is 6.29. The summed E-state index contributed by atoms with van der Waals surface area (Å²) >= 11 is 7.06. The second kappa shape index (κ2) is 6.27. The molecule has 0 aliphatic carbocycles. The van der Waals surface area contributed by atoms with Gasteiger partial charge in [-0.2, -0.15) is 0 Å². The third-order valence-corrected chi connectivity index (χ3v) is 5.33. The van der Waals surface area contributed by atoms with Crippen LogP contribution in [0.3, 0.4) is 0 Å². The summed E-state index contributed by atoms with van der Waals surface area (Å²) in [7, 11) is 1.59. The Hall–Kier alpha value is -0.550. The highest BCUT2D eigenvalue weighted by Crippen LogP contribution is 2.28. The summed E-state index contributed by atoms with van der Waals surface area (Å²) in [5.41, 5.74) is 0.622. The molecule has 1 aliphatic heterocycles. The summed E-state index contributed by atoms with van der Waals surface area (Å²) in [4.78, 5) is 15.0. The van der Waals surface area contributed by atoms with Gasteiger partial charge in [0.25, 0.3) is 5.91 Å². The molecule has 1 aromatic carbocycles. The number of likely N-dealkylation sites (tertiary alicyclic amines) is 1. The topological polar surface area (TPSA) is 29.5 Å². The molecule has 0 radical (unpaired) electrons. The van der Waals surface area contributed by atoms with Crippen molar-refractivity contribution in [2.75, 3.05) is 20.2 Å². The molecular weight excluding hydrogens is 374 g/mol. The van der Waals surface area contributed by atoms with Gasteiger partial charge in [-0.05, 0) is 30.5 Å². The second-order valence-electron chi connectivity index (χ2n) is 4.88. The van der Waals surface area contributed by atoms with Gasteiger partial charge < -0.3 is 9.64 Å². The van der Waals surface area contributed by atoms with Gasteiger partial charge in [0.05, 0.1) is 12.7 Å². The maximum atomic E-state index is 12.6. The van der Waals surface area contributed by atoms with Gasteiger partial charge in [0.15, 0.2) is 0 Å². The zero-order chi connectivity index (χ0) is 14.0. The van der Waals surface area contributed by atoms with Crippen molar-refractivity contribution in [1.82, 2.24) is 4.90 Å². The van der Waals surface area contributed by atoms with Crippen LogP contribution in [0.5, 0.6) is 5.75 Å². The Morgan fingerprint density at radius 1 is 1.47 bits per heavy atom. The van der Waals surface area contributed by atoms with E-state index in [4.69, 9.17) is 4.74 Å². The minimum atomic E-state index is 0.0457. The Balaban J connectivity index is 2.22. The van der Waals surface area contributed by atoms with Crippen LogP contribution < -0.4 is 4.74 Å². The normalized spacial score (nSPS) is 23.3. The summed E-state index contributed by atoms with van der Waals surface area (Å²) in [5.74, 6) is 1.14. The van der Waals surface area contributed by atoms with Gasteiger partial charge in [0.1, 0.15) is 5.75 Å². The molecule has 0 bridgehead atoms. The summed E-state index contributed by atoms with van der Waals surface area (Å²) in [6, 6.07) is 5.52. The number of nitrogens with zero attached hydrogens (tertiary/aromatic N) is 1. The average molecular weight is 391 g/mol. The molecule has 104 valence electrons. The molecule has 1 aromatic rings. The Kier molecular flexibility index (Phi) is 4.90. The quantitative estimate of drug-likeness (QED) is 0.720. The van der Waals surface area contributed by atoms with Crippen molar-refractivity contribution in [2.24, 2.45) is 5.92 Å². The number of benzene rings is 1. The molecule has 2 unspecified atom stereocenters. The minimum Gasteiger partial charge on any atom is -0.496 e. The van der Waals surface area contributed by atoms with E-state index in [1.165, 1.54) is 0 Å². The first-order chi connectivity index (χ1) is 9.02. The molecule has 0 aromatic heterocycles. The van der Waals surface area contributed by atoms with Crippen LogP contribution in [0, 0.1) is 5.92 Å². The first kappa shape index (κ1) is 14.9. The van der Waals surface area contributed by atoms with E-state index < -0.39 is 0 Å². The maximum absolute atomic E-state index is 12.6. The van der Waals surface area contributed by atoms with Crippen LogP contribution in [0.1, 0.15) is 23.7 Å². The molecular formula is C14H17Br2NO2. The molecule has 1 saturated heterocycles. The highest BCUT2D eigenvalue weighted by atomic mass is 79.9. The fourth-order valence-corrected chi connectivity index (χ4v) is 3.05. The standard InChI is InChI=1S/C14H17Br2NO2/c1-9-8-17(6-5-12(9)16)14(18)11-7-10(15)3-4-13(11)19-2/h3-4,7,9,12H,5-6,8H2,1-2H3. The number of hydrogen-bond donors (Lipinski definition) is 0. The van der Waals surface area contributed by atoms with Crippen LogP contribution in [0.25, 0.3) is 0 Å². The Labute approximate surface area is 130 Å². The van der Waals surface area contributed by atoms with Crippen LogP contribution in [0.4, 0.5) is 0 Å². The van der Waals surface area contributed by atoms with Gasteiger partial charge in [-0.25, -0.2) is 0 Å². The van der Waals surface area contributed by atoms with E-state index in [1.54, 1.807) is 7.11 Å². The van der Waals surface area contributed by atoms with E-state index in [0.717, 1.165) is 24.0 Å². The number of hydrogen-bond acceptors (Lipinski definition) is 2. The lowest BCUT2D eigenvalue weighted by atomic mass is 9.99. The lowest BCUT2D eigenvalue weighted by molar-refractivity contribution is 0.0687. The molecule has 1 amide bonds. The van der Waals surface area contributed by atoms with Gasteiger partial charge in [-0.15, -0.1) is 0 Å². The van der Waals surface area contributed by atoms with Crippen molar-refractivity contribution in [3.8, 4) is 5.75 Å².